The summed E-state index contributed by atoms with van der Waals surface area (Å²) in [5.41, 5.74) is 15.1. The number of nitrogens with zero attached hydrogens (tertiary/aromatic N) is 3. The van der Waals surface area contributed by atoms with Gasteiger partial charge < -0.3 is 5.11 Å². The second-order valence-electron chi connectivity index (χ2n) is 19.8. The number of aromatic nitrogens is 3. The van der Waals surface area contributed by atoms with Crippen LogP contribution in [0.25, 0.3) is 83.5 Å². The molecule has 0 atom stereocenters. The Balaban J connectivity index is 1.27. The lowest BCUT2D eigenvalue weighted by Crippen LogP contribution is -2.17. The molecule has 0 aliphatic rings. The first-order chi connectivity index (χ1) is 29.5. The van der Waals surface area contributed by atoms with Gasteiger partial charge in [-0.15, -0.1) is 0 Å². The fourth-order valence-electron chi connectivity index (χ4n) is 8.55. The fourth-order valence-corrected chi connectivity index (χ4v) is 8.55. The van der Waals surface area contributed by atoms with Gasteiger partial charge in [-0.2, -0.15) is 0 Å². The summed E-state index contributed by atoms with van der Waals surface area (Å²) >= 11 is 0. The molecule has 62 heavy (non-hydrogen) atoms. The molecular formula is C58H55N3O. The maximum atomic E-state index is 12.2. The molecule has 0 saturated heterocycles. The average Bonchev–Trinajstić information content (AvgIpc) is 3.59. The highest BCUT2D eigenvalue weighted by atomic mass is 16.3. The number of rotatable bonds is 6. The molecule has 0 aliphatic heterocycles. The van der Waals surface area contributed by atoms with Crippen LogP contribution >= 0.6 is 0 Å². The van der Waals surface area contributed by atoms with Crippen LogP contribution in [0.4, 0.5) is 0 Å². The number of hydrogen-bond acceptors (Lipinski definition) is 3. The number of aromatic hydroxyl groups is 1. The molecule has 4 nitrogen and oxygen atoms in total. The maximum absolute atomic E-state index is 12.2. The van der Waals surface area contributed by atoms with Gasteiger partial charge in [-0.1, -0.05) is 172 Å². The second kappa shape index (κ2) is 15.3. The van der Waals surface area contributed by atoms with E-state index in [1.165, 1.54) is 22.1 Å². The molecule has 0 radical (unpaired) electrons. The van der Waals surface area contributed by atoms with Crippen molar-refractivity contribution >= 4 is 21.8 Å². The number of benzene rings is 6. The van der Waals surface area contributed by atoms with E-state index in [1.54, 1.807) is 0 Å². The summed E-state index contributed by atoms with van der Waals surface area (Å²) in [6, 6.07) is 56.2. The van der Waals surface area contributed by atoms with Gasteiger partial charge in [0.25, 0.3) is 0 Å². The number of fused-ring (bicyclic) bond motifs is 3. The molecule has 0 unspecified atom stereocenters. The van der Waals surface area contributed by atoms with Gasteiger partial charge in [-0.05, 0) is 109 Å². The van der Waals surface area contributed by atoms with Crippen LogP contribution in [-0.2, 0) is 16.2 Å². The van der Waals surface area contributed by atoms with Crippen LogP contribution in [0.2, 0.25) is 0 Å². The normalized spacial score (nSPS) is 12.3. The molecule has 0 bridgehead atoms. The smallest absolute Gasteiger partial charge is 0.138 e. The molecule has 3 aromatic heterocycles. The van der Waals surface area contributed by atoms with Crippen molar-refractivity contribution in [2.24, 2.45) is 0 Å². The summed E-state index contributed by atoms with van der Waals surface area (Å²) in [5, 5.41) is 14.5. The van der Waals surface area contributed by atoms with Gasteiger partial charge in [0.1, 0.15) is 11.6 Å². The molecule has 0 aliphatic carbocycles. The predicted octanol–water partition coefficient (Wildman–Crippen LogP) is 15.5. The first-order valence-electron chi connectivity index (χ1n) is 21.7. The highest BCUT2D eigenvalue weighted by molar-refractivity contribution is 6.10. The lowest BCUT2D eigenvalue weighted by Gasteiger charge is -2.27. The summed E-state index contributed by atoms with van der Waals surface area (Å²) in [6.07, 6.45) is 1.91. The van der Waals surface area contributed by atoms with E-state index in [1.807, 2.05) is 18.3 Å². The van der Waals surface area contributed by atoms with Crippen molar-refractivity contribution in [1.82, 2.24) is 14.5 Å². The van der Waals surface area contributed by atoms with Crippen molar-refractivity contribution in [1.29, 1.82) is 0 Å². The topological polar surface area (TPSA) is 50.9 Å². The van der Waals surface area contributed by atoms with Gasteiger partial charge in [0.2, 0.25) is 0 Å². The van der Waals surface area contributed by atoms with E-state index >= 15 is 0 Å². The van der Waals surface area contributed by atoms with E-state index in [9.17, 15) is 5.11 Å². The van der Waals surface area contributed by atoms with E-state index in [4.69, 9.17) is 9.97 Å². The van der Waals surface area contributed by atoms with Crippen molar-refractivity contribution in [2.75, 3.05) is 0 Å². The molecule has 1 N–H and O–H groups in total. The fraction of sp³-hybridized carbons (Fsp3) is 0.207. The minimum Gasteiger partial charge on any atom is -0.507 e. The molecule has 9 aromatic rings. The van der Waals surface area contributed by atoms with Crippen molar-refractivity contribution in [3.05, 3.63) is 181 Å². The average molecular weight is 810 g/mol. The molecule has 308 valence electrons. The molecule has 6 aromatic carbocycles. The SMILES string of the molecule is CC(C)(C)c1cc(-c2cc(-c3ccccc3)cc(-n3c4ccc(C(C)(C)C)cc4c4ccc(-c5cc(-c6ccc(-c7ccccc7)cc6)ccn5)cc43)n2)c(O)c(C(C)(C)C)c1. The molecule has 3 heterocycles. The monoisotopic (exact) mass is 809 g/mol. The zero-order chi connectivity index (χ0) is 43.6. The highest BCUT2D eigenvalue weighted by Gasteiger charge is 2.27. The maximum Gasteiger partial charge on any atom is 0.138 e. The molecule has 0 saturated carbocycles. The van der Waals surface area contributed by atoms with Crippen molar-refractivity contribution in [3.8, 4) is 67.5 Å². The largest absolute Gasteiger partial charge is 0.507 e. The summed E-state index contributed by atoms with van der Waals surface area (Å²) in [5.74, 6) is 1.05. The van der Waals surface area contributed by atoms with Crippen LogP contribution in [0.1, 0.15) is 79.0 Å². The van der Waals surface area contributed by atoms with Crippen LogP contribution in [0.5, 0.6) is 5.75 Å². The Morgan fingerprint density at radius 2 is 1.00 bits per heavy atom. The molecule has 0 spiro atoms. The third kappa shape index (κ3) is 7.71. The van der Waals surface area contributed by atoms with E-state index in [0.717, 1.165) is 78.1 Å². The minimum absolute atomic E-state index is 0.0365. The Labute approximate surface area is 366 Å². The van der Waals surface area contributed by atoms with Crippen LogP contribution in [0, 0.1) is 0 Å². The van der Waals surface area contributed by atoms with Gasteiger partial charge in [-0.3, -0.25) is 9.55 Å². The third-order valence-corrected chi connectivity index (χ3v) is 12.2. The minimum atomic E-state index is -0.287. The standard InChI is InChI=1S/C58H55N3O/c1-56(2,3)44-25-27-52-47(34-44)46-26-24-42(50-30-41(28-29-59-50)40-22-20-39(21-23-40)37-16-12-10-13-17-37)32-53(46)61(52)54-33-43(38-18-14-11-15-19-38)31-51(60-54)48-35-45(57(4,5)6)36-49(55(48)62)58(7,8)9/h10-36,62H,1-9H3. The summed E-state index contributed by atoms with van der Waals surface area (Å²) in [6.45, 7) is 19.9. The lowest BCUT2D eigenvalue weighted by atomic mass is 9.78. The second-order valence-corrected chi connectivity index (χ2v) is 19.8. The Morgan fingerprint density at radius 1 is 0.419 bits per heavy atom. The van der Waals surface area contributed by atoms with Crippen LogP contribution in [-0.4, -0.2) is 19.6 Å². The van der Waals surface area contributed by atoms with Crippen LogP contribution < -0.4 is 0 Å². The number of phenols is 1. The van der Waals surface area contributed by atoms with E-state index in [2.05, 4.69) is 212 Å². The van der Waals surface area contributed by atoms with Gasteiger partial charge >= 0.3 is 0 Å². The molecule has 9 rings (SSSR count). The Kier molecular flexibility index (Phi) is 10.0. The Bertz CT molecular complexity index is 3100. The first kappa shape index (κ1) is 40.6. The van der Waals surface area contributed by atoms with E-state index in [-0.39, 0.29) is 22.0 Å². The van der Waals surface area contributed by atoms with Crippen molar-refractivity contribution in [2.45, 2.75) is 78.6 Å². The molecule has 0 amide bonds. The lowest BCUT2D eigenvalue weighted by molar-refractivity contribution is 0.446. The van der Waals surface area contributed by atoms with Gasteiger partial charge in [0.15, 0.2) is 0 Å². The quantitative estimate of drug-likeness (QED) is 0.182. The van der Waals surface area contributed by atoms with E-state index in [0.29, 0.717) is 0 Å². The van der Waals surface area contributed by atoms with Crippen molar-refractivity contribution in [3.63, 3.8) is 0 Å². The summed E-state index contributed by atoms with van der Waals surface area (Å²) in [7, 11) is 0. The van der Waals surface area contributed by atoms with Crippen molar-refractivity contribution < 1.29 is 5.11 Å². The number of hydrogen-bond donors (Lipinski definition) is 1. The van der Waals surface area contributed by atoms with Gasteiger partial charge in [-0.25, -0.2) is 4.98 Å². The predicted molar refractivity (Wildman–Crippen MR) is 261 cm³/mol. The zero-order valence-electron chi connectivity index (χ0n) is 37.4. The summed E-state index contributed by atoms with van der Waals surface area (Å²) < 4.78 is 2.30. The first-order valence-corrected chi connectivity index (χ1v) is 21.7. The van der Waals surface area contributed by atoms with Crippen LogP contribution in [0.15, 0.2) is 164 Å². The molecule has 4 heteroatoms. The van der Waals surface area contributed by atoms with E-state index < -0.39 is 0 Å². The Morgan fingerprint density at radius 3 is 1.63 bits per heavy atom. The summed E-state index contributed by atoms with van der Waals surface area (Å²) in [4.78, 5) is 10.5. The third-order valence-electron chi connectivity index (χ3n) is 12.2. The van der Waals surface area contributed by atoms with Gasteiger partial charge in [0, 0.05) is 33.7 Å². The Hall–Kier alpha value is -6.78. The van der Waals surface area contributed by atoms with Crippen LogP contribution in [0.3, 0.4) is 0 Å². The molecule has 0 fully saturated rings. The van der Waals surface area contributed by atoms with Gasteiger partial charge in [0.05, 0.1) is 22.4 Å². The number of phenolic OH excluding ortho intramolecular Hbond substituents is 1. The zero-order valence-corrected chi connectivity index (χ0v) is 37.4. The number of pyridine rings is 2. The molecular weight excluding hydrogens is 755 g/mol. The highest BCUT2D eigenvalue weighted by Crippen LogP contribution is 2.44.